The second-order valence-electron chi connectivity index (χ2n) is 4.04. The Balaban J connectivity index is 2.29. The number of benzene rings is 1. The van der Waals surface area contributed by atoms with Gasteiger partial charge in [-0.2, -0.15) is 0 Å². The second-order valence-corrected chi connectivity index (χ2v) is 4.04. The molecule has 0 aliphatic carbocycles. The maximum Gasteiger partial charge on any atom is 0.335 e. The number of nitrogens with one attached hydrogen (secondary N) is 1. The minimum Gasteiger partial charge on any atom is -0.495 e. The third kappa shape index (κ3) is 3.33. The number of carbonyl (C=O) groups is 2. The molecule has 0 spiro atoms. The number of aromatic nitrogens is 1. The summed E-state index contributed by atoms with van der Waals surface area (Å²) < 4.78 is 17.8. The summed E-state index contributed by atoms with van der Waals surface area (Å²) in [4.78, 5) is 26.6. The summed E-state index contributed by atoms with van der Waals surface area (Å²) in [6, 6.07) is 6.37. The van der Waals surface area contributed by atoms with Crippen LogP contribution in [-0.2, 0) is 0 Å². The Morgan fingerprint density at radius 3 is 2.62 bits per heavy atom. The first-order valence-electron chi connectivity index (χ1n) is 5.85. The Bertz CT molecular complexity index is 686. The zero-order valence-corrected chi connectivity index (χ0v) is 11.0. The number of carboxylic acids is 1. The number of hydrogen-bond donors (Lipinski definition) is 2. The highest BCUT2D eigenvalue weighted by molar-refractivity contribution is 6.04. The van der Waals surface area contributed by atoms with Crippen molar-refractivity contribution < 1.29 is 23.8 Å². The average molecular weight is 290 g/mol. The lowest BCUT2D eigenvalue weighted by molar-refractivity contribution is 0.0696. The van der Waals surface area contributed by atoms with Gasteiger partial charge < -0.3 is 15.2 Å². The van der Waals surface area contributed by atoms with E-state index in [1.807, 2.05) is 0 Å². The van der Waals surface area contributed by atoms with Gasteiger partial charge in [-0.25, -0.2) is 14.2 Å². The molecular formula is C14H11FN2O4. The summed E-state index contributed by atoms with van der Waals surface area (Å²) >= 11 is 0. The van der Waals surface area contributed by atoms with Gasteiger partial charge in [-0.1, -0.05) is 0 Å². The fourth-order valence-electron chi connectivity index (χ4n) is 1.64. The van der Waals surface area contributed by atoms with E-state index in [1.54, 1.807) is 0 Å². The first-order valence-corrected chi connectivity index (χ1v) is 5.85. The quantitative estimate of drug-likeness (QED) is 0.901. The van der Waals surface area contributed by atoms with Crippen LogP contribution in [0.1, 0.15) is 20.8 Å². The van der Waals surface area contributed by atoms with Crippen LogP contribution in [0.2, 0.25) is 0 Å². The normalized spacial score (nSPS) is 10.0. The van der Waals surface area contributed by atoms with Gasteiger partial charge in [0.2, 0.25) is 0 Å². The molecule has 1 aromatic heterocycles. The molecule has 0 fully saturated rings. The van der Waals surface area contributed by atoms with Gasteiger partial charge in [0.05, 0.1) is 24.6 Å². The van der Waals surface area contributed by atoms with Crippen molar-refractivity contribution in [3.63, 3.8) is 0 Å². The zero-order valence-electron chi connectivity index (χ0n) is 11.0. The number of hydrogen-bond acceptors (Lipinski definition) is 4. The molecule has 0 saturated carbocycles. The number of halogens is 1. The van der Waals surface area contributed by atoms with Crippen LogP contribution in [0.3, 0.4) is 0 Å². The highest BCUT2D eigenvalue weighted by Gasteiger charge is 2.13. The van der Waals surface area contributed by atoms with Crippen molar-refractivity contribution in [3.05, 3.63) is 53.6 Å². The second kappa shape index (κ2) is 6.00. The summed E-state index contributed by atoms with van der Waals surface area (Å²) in [6.45, 7) is 0. The lowest BCUT2D eigenvalue weighted by Crippen LogP contribution is -2.15. The van der Waals surface area contributed by atoms with Crippen molar-refractivity contribution in [3.8, 4) is 5.75 Å². The highest BCUT2D eigenvalue weighted by atomic mass is 19.1. The third-order valence-corrected chi connectivity index (χ3v) is 2.65. The number of pyridine rings is 1. The molecule has 0 atom stereocenters. The van der Waals surface area contributed by atoms with Crippen LogP contribution in [0.25, 0.3) is 0 Å². The first-order chi connectivity index (χ1) is 10.0. The summed E-state index contributed by atoms with van der Waals surface area (Å²) in [5.74, 6) is -1.99. The lowest BCUT2D eigenvalue weighted by atomic mass is 10.2. The van der Waals surface area contributed by atoms with Gasteiger partial charge in [0.25, 0.3) is 5.91 Å². The number of methoxy groups -OCH3 is 1. The van der Waals surface area contributed by atoms with Gasteiger partial charge in [0.15, 0.2) is 0 Å². The number of carbonyl (C=O) groups excluding carboxylic acids is 1. The Morgan fingerprint density at radius 2 is 2.05 bits per heavy atom. The number of rotatable bonds is 4. The summed E-state index contributed by atoms with van der Waals surface area (Å²) in [5.41, 5.74) is 0.186. The van der Waals surface area contributed by atoms with Crippen LogP contribution in [-0.4, -0.2) is 29.1 Å². The monoisotopic (exact) mass is 290 g/mol. The van der Waals surface area contributed by atoms with Crippen molar-refractivity contribution in [1.29, 1.82) is 0 Å². The van der Waals surface area contributed by atoms with Gasteiger partial charge in [0, 0.05) is 0 Å². The number of anilines is 1. The molecule has 108 valence electrons. The highest BCUT2D eigenvalue weighted by Crippen LogP contribution is 2.26. The molecule has 21 heavy (non-hydrogen) atoms. The number of amides is 1. The van der Waals surface area contributed by atoms with Gasteiger partial charge in [-0.05, 0) is 30.3 Å². The first kappa shape index (κ1) is 14.4. The van der Waals surface area contributed by atoms with E-state index in [0.717, 1.165) is 12.3 Å². The van der Waals surface area contributed by atoms with E-state index in [9.17, 15) is 14.0 Å². The molecule has 7 heteroatoms. The minimum absolute atomic E-state index is 0.000758. The average Bonchev–Trinajstić information content (AvgIpc) is 2.47. The zero-order chi connectivity index (χ0) is 15.4. The van der Waals surface area contributed by atoms with Gasteiger partial charge in [-0.3, -0.25) is 4.79 Å². The van der Waals surface area contributed by atoms with Crippen LogP contribution < -0.4 is 10.1 Å². The summed E-state index contributed by atoms with van der Waals surface area (Å²) in [6.07, 6.45) is 0.916. The SMILES string of the molecule is COc1ccc(C(=O)O)cc1NC(=O)c1ccc(F)cn1. The third-order valence-electron chi connectivity index (χ3n) is 2.65. The maximum absolute atomic E-state index is 12.8. The van der Waals surface area contributed by atoms with Crippen molar-refractivity contribution in [1.82, 2.24) is 4.98 Å². The fourth-order valence-corrected chi connectivity index (χ4v) is 1.64. The smallest absolute Gasteiger partial charge is 0.335 e. The summed E-state index contributed by atoms with van der Waals surface area (Å²) in [7, 11) is 1.39. The van der Waals surface area contributed by atoms with Crippen molar-refractivity contribution in [2.75, 3.05) is 12.4 Å². The van der Waals surface area contributed by atoms with Crippen LogP contribution in [0.5, 0.6) is 5.75 Å². The molecule has 0 radical (unpaired) electrons. The van der Waals surface area contributed by atoms with Crippen LogP contribution in [0.15, 0.2) is 36.5 Å². The molecule has 6 nitrogen and oxygen atoms in total. The molecule has 1 amide bonds. The Morgan fingerprint density at radius 1 is 1.29 bits per heavy atom. The number of carboxylic acid groups (broad SMARTS) is 1. The Kier molecular flexibility index (Phi) is 4.13. The van der Waals surface area contributed by atoms with Crippen LogP contribution in [0, 0.1) is 5.82 Å². The molecule has 0 bridgehead atoms. The molecule has 1 aromatic carbocycles. The Hall–Kier alpha value is -2.96. The predicted octanol–water partition coefficient (Wildman–Crippen LogP) is 2.18. The Labute approximate surface area is 119 Å². The molecule has 0 saturated heterocycles. The van der Waals surface area contributed by atoms with Crippen LogP contribution >= 0.6 is 0 Å². The number of ether oxygens (including phenoxy) is 1. The van der Waals surface area contributed by atoms with Crippen molar-refractivity contribution >= 4 is 17.6 Å². The van der Waals surface area contributed by atoms with E-state index in [-0.39, 0.29) is 16.9 Å². The molecule has 2 aromatic rings. The minimum atomic E-state index is -1.13. The van der Waals surface area contributed by atoms with Crippen LogP contribution in [0.4, 0.5) is 10.1 Å². The maximum atomic E-state index is 12.8. The standard InChI is InChI=1S/C14H11FN2O4/c1-21-12-5-2-8(14(19)20)6-11(12)17-13(18)10-4-3-9(15)7-16-10/h2-7H,1H3,(H,17,18)(H,19,20). The summed E-state index contributed by atoms with van der Waals surface area (Å²) in [5, 5.41) is 11.4. The van der Waals surface area contributed by atoms with E-state index in [0.29, 0.717) is 5.75 Å². The molecular weight excluding hydrogens is 279 g/mol. The molecule has 2 rings (SSSR count). The van der Waals surface area contributed by atoms with Crippen molar-refractivity contribution in [2.24, 2.45) is 0 Å². The molecule has 0 aliphatic rings. The topological polar surface area (TPSA) is 88.5 Å². The molecule has 2 N–H and O–H groups in total. The number of nitrogens with zero attached hydrogens (tertiary/aromatic N) is 1. The van der Waals surface area contributed by atoms with E-state index in [2.05, 4.69) is 10.3 Å². The van der Waals surface area contributed by atoms with E-state index in [1.165, 1.54) is 31.4 Å². The molecule has 1 heterocycles. The van der Waals surface area contributed by atoms with E-state index in [4.69, 9.17) is 9.84 Å². The van der Waals surface area contributed by atoms with E-state index < -0.39 is 17.7 Å². The molecule has 0 unspecified atom stereocenters. The predicted molar refractivity (Wildman–Crippen MR) is 72.1 cm³/mol. The number of aromatic carboxylic acids is 1. The fraction of sp³-hybridized carbons (Fsp3) is 0.0714. The van der Waals surface area contributed by atoms with Gasteiger partial charge in [0.1, 0.15) is 17.3 Å². The van der Waals surface area contributed by atoms with Gasteiger partial charge in [-0.15, -0.1) is 0 Å². The molecule has 0 aliphatic heterocycles. The van der Waals surface area contributed by atoms with E-state index >= 15 is 0 Å². The van der Waals surface area contributed by atoms with Crippen molar-refractivity contribution in [2.45, 2.75) is 0 Å². The lowest BCUT2D eigenvalue weighted by Gasteiger charge is -2.10. The largest absolute Gasteiger partial charge is 0.495 e. The van der Waals surface area contributed by atoms with Gasteiger partial charge >= 0.3 is 5.97 Å².